The summed E-state index contributed by atoms with van der Waals surface area (Å²) in [6.45, 7) is 3.94. The number of pyridine rings is 1. The molecular formula is C21H21N3O2. The number of methoxy groups -OCH3 is 1. The Hall–Kier alpha value is -3.34. The van der Waals surface area contributed by atoms with Gasteiger partial charge >= 0.3 is 0 Å². The molecule has 1 amide bonds. The molecule has 2 N–H and O–H groups in total. The number of aryl methyl sites for hydroxylation is 2. The molecule has 0 saturated heterocycles. The maximum atomic E-state index is 12.5. The van der Waals surface area contributed by atoms with Gasteiger partial charge in [0.2, 0.25) is 0 Å². The Labute approximate surface area is 153 Å². The average molecular weight is 347 g/mol. The van der Waals surface area contributed by atoms with Gasteiger partial charge in [-0.15, -0.1) is 0 Å². The van der Waals surface area contributed by atoms with E-state index in [1.807, 2.05) is 62.4 Å². The fourth-order valence-corrected chi connectivity index (χ4v) is 2.66. The van der Waals surface area contributed by atoms with Crippen molar-refractivity contribution in [3.63, 3.8) is 0 Å². The van der Waals surface area contributed by atoms with Crippen LogP contribution in [0.2, 0.25) is 0 Å². The number of hydrogen-bond acceptors (Lipinski definition) is 4. The third-order valence-electron chi connectivity index (χ3n) is 4.07. The van der Waals surface area contributed by atoms with Crippen LogP contribution in [0.25, 0.3) is 0 Å². The van der Waals surface area contributed by atoms with Gasteiger partial charge < -0.3 is 15.4 Å². The molecule has 5 heteroatoms. The summed E-state index contributed by atoms with van der Waals surface area (Å²) in [5.41, 5.74) is 4.92. The Morgan fingerprint density at radius 3 is 2.35 bits per heavy atom. The number of aromatic nitrogens is 1. The maximum absolute atomic E-state index is 12.5. The number of nitrogens with one attached hydrogen (secondary N) is 2. The normalized spacial score (nSPS) is 10.3. The molecular weight excluding hydrogens is 326 g/mol. The van der Waals surface area contributed by atoms with E-state index in [4.69, 9.17) is 4.74 Å². The van der Waals surface area contributed by atoms with Gasteiger partial charge in [0.05, 0.1) is 19.0 Å². The number of carbonyl (C=O) groups excluding carboxylic acids is 1. The van der Waals surface area contributed by atoms with Crippen molar-refractivity contribution in [3.8, 4) is 5.75 Å². The molecule has 132 valence electrons. The Morgan fingerprint density at radius 1 is 0.962 bits per heavy atom. The molecule has 0 bridgehead atoms. The molecule has 3 aromatic rings. The Morgan fingerprint density at radius 2 is 1.69 bits per heavy atom. The van der Waals surface area contributed by atoms with Crippen molar-refractivity contribution in [2.45, 2.75) is 13.8 Å². The second-order valence-corrected chi connectivity index (χ2v) is 6.01. The zero-order valence-corrected chi connectivity index (χ0v) is 15.0. The lowest BCUT2D eigenvalue weighted by Gasteiger charge is -2.11. The fraction of sp³-hybridized carbons (Fsp3) is 0.143. The van der Waals surface area contributed by atoms with Gasteiger partial charge in [-0.3, -0.25) is 4.79 Å². The van der Waals surface area contributed by atoms with Gasteiger partial charge in [-0.05, 0) is 49.2 Å². The summed E-state index contributed by atoms with van der Waals surface area (Å²) < 4.78 is 5.21. The highest BCUT2D eigenvalue weighted by Crippen LogP contribution is 2.22. The first-order chi connectivity index (χ1) is 12.6. The largest absolute Gasteiger partial charge is 0.497 e. The number of anilines is 3. The van der Waals surface area contributed by atoms with Crippen molar-refractivity contribution in [3.05, 3.63) is 77.6 Å². The minimum atomic E-state index is -0.227. The number of hydrogen-bond donors (Lipinski definition) is 2. The summed E-state index contributed by atoms with van der Waals surface area (Å²) in [4.78, 5) is 16.7. The average Bonchev–Trinajstić information content (AvgIpc) is 2.65. The highest BCUT2D eigenvalue weighted by molar-refractivity contribution is 6.03. The lowest BCUT2D eigenvalue weighted by Crippen LogP contribution is -2.15. The standard InChI is InChI=1S/C21H21N3O2/c1-14-6-4-7-15(2)20(14)24-21(25)19-11-10-17(13-22-19)23-16-8-5-9-18(12-16)26-3/h4-13,23H,1-3H3,(H,24,25). The highest BCUT2D eigenvalue weighted by Gasteiger charge is 2.11. The molecule has 5 nitrogen and oxygen atoms in total. The molecule has 2 aromatic carbocycles. The smallest absolute Gasteiger partial charge is 0.274 e. The molecule has 0 atom stereocenters. The van der Waals surface area contributed by atoms with E-state index in [-0.39, 0.29) is 5.91 Å². The third kappa shape index (κ3) is 4.00. The molecule has 0 radical (unpaired) electrons. The number of nitrogens with zero attached hydrogens (tertiary/aromatic N) is 1. The van der Waals surface area contributed by atoms with Gasteiger partial charge in [-0.1, -0.05) is 24.3 Å². The molecule has 0 saturated carbocycles. The van der Waals surface area contributed by atoms with Gasteiger partial charge in [-0.2, -0.15) is 0 Å². The van der Waals surface area contributed by atoms with E-state index in [1.54, 1.807) is 19.4 Å². The second-order valence-electron chi connectivity index (χ2n) is 6.01. The number of para-hydroxylation sites is 1. The first-order valence-corrected chi connectivity index (χ1v) is 8.31. The first-order valence-electron chi connectivity index (χ1n) is 8.31. The van der Waals surface area contributed by atoms with Crippen LogP contribution in [0.3, 0.4) is 0 Å². The molecule has 0 aliphatic rings. The van der Waals surface area contributed by atoms with Crippen molar-refractivity contribution in [1.29, 1.82) is 0 Å². The van der Waals surface area contributed by atoms with Crippen LogP contribution < -0.4 is 15.4 Å². The van der Waals surface area contributed by atoms with Gasteiger partial charge in [0.25, 0.3) is 5.91 Å². The molecule has 0 unspecified atom stereocenters. The summed E-state index contributed by atoms with van der Waals surface area (Å²) in [5, 5.41) is 6.18. The van der Waals surface area contributed by atoms with Gasteiger partial charge in [-0.25, -0.2) is 4.98 Å². The fourth-order valence-electron chi connectivity index (χ4n) is 2.66. The van der Waals surface area contributed by atoms with Gasteiger partial charge in [0.1, 0.15) is 11.4 Å². The predicted molar refractivity (Wildman–Crippen MR) is 104 cm³/mol. The summed E-state index contributed by atoms with van der Waals surface area (Å²) >= 11 is 0. The quantitative estimate of drug-likeness (QED) is 0.702. The summed E-state index contributed by atoms with van der Waals surface area (Å²) in [5.74, 6) is 0.544. The number of ether oxygens (including phenoxy) is 1. The molecule has 0 spiro atoms. The van der Waals surface area contributed by atoms with E-state index in [2.05, 4.69) is 15.6 Å². The molecule has 1 heterocycles. The monoisotopic (exact) mass is 347 g/mol. The number of amides is 1. The van der Waals surface area contributed by atoms with Crippen LogP contribution in [0.5, 0.6) is 5.75 Å². The van der Waals surface area contributed by atoms with Crippen LogP contribution in [0, 0.1) is 13.8 Å². The summed E-state index contributed by atoms with van der Waals surface area (Å²) in [6.07, 6.45) is 1.64. The molecule has 0 fully saturated rings. The van der Waals surface area contributed by atoms with E-state index in [0.29, 0.717) is 5.69 Å². The lowest BCUT2D eigenvalue weighted by atomic mass is 10.1. The second kappa shape index (κ2) is 7.70. The maximum Gasteiger partial charge on any atom is 0.274 e. The molecule has 3 rings (SSSR count). The summed E-state index contributed by atoms with van der Waals surface area (Å²) in [7, 11) is 1.63. The minimum Gasteiger partial charge on any atom is -0.497 e. The van der Waals surface area contributed by atoms with Gasteiger partial charge in [0.15, 0.2) is 0 Å². The van der Waals surface area contributed by atoms with Crippen molar-refractivity contribution in [2.75, 3.05) is 17.7 Å². The minimum absolute atomic E-state index is 0.227. The number of rotatable bonds is 5. The van der Waals surface area contributed by atoms with E-state index in [1.165, 1.54) is 0 Å². The molecule has 1 aromatic heterocycles. The zero-order valence-electron chi connectivity index (χ0n) is 15.0. The Balaban J connectivity index is 1.71. The zero-order chi connectivity index (χ0) is 18.5. The van der Waals surface area contributed by atoms with E-state index in [0.717, 1.165) is 33.9 Å². The van der Waals surface area contributed by atoms with Crippen LogP contribution in [-0.2, 0) is 0 Å². The van der Waals surface area contributed by atoms with Crippen LogP contribution >= 0.6 is 0 Å². The first kappa shape index (κ1) is 17.5. The van der Waals surface area contributed by atoms with Crippen LogP contribution in [0.4, 0.5) is 17.1 Å². The predicted octanol–water partition coefficient (Wildman–Crippen LogP) is 4.70. The van der Waals surface area contributed by atoms with Gasteiger partial charge in [0, 0.05) is 17.4 Å². The van der Waals surface area contributed by atoms with Crippen LogP contribution in [-0.4, -0.2) is 18.0 Å². The SMILES string of the molecule is COc1cccc(Nc2ccc(C(=O)Nc3c(C)cccc3C)nc2)c1. The van der Waals surface area contributed by atoms with Crippen LogP contribution in [0.1, 0.15) is 21.6 Å². The number of carbonyl (C=O) groups is 1. The Bertz CT molecular complexity index is 901. The van der Waals surface area contributed by atoms with Crippen molar-refractivity contribution < 1.29 is 9.53 Å². The number of benzene rings is 2. The highest BCUT2D eigenvalue weighted by atomic mass is 16.5. The van der Waals surface area contributed by atoms with Crippen molar-refractivity contribution in [1.82, 2.24) is 4.98 Å². The molecule has 26 heavy (non-hydrogen) atoms. The van der Waals surface area contributed by atoms with Crippen LogP contribution in [0.15, 0.2) is 60.8 Å². The third-order valence-corrected chi connectivity index (χ3v) is 4.07. The van der Waals surface area contributed by atoms with E-state index >= 15 is 0 Å². The lowest BCUT2D eigenvalue weighted by molar-refractivity contribution is 0.102. The summed E-state index contributed by atoms with van der Waals surface area (Å²) in [6, 6.07) is 17.0. The van der Waals surface area contributed by atoms with Crippen molar-refractivity contribution in [2.24, 2.45) is 0 Å². The molecule has 0 aliphatic heterocycles. The topological polar surface area (TPSA) is 63.2 Å². The van der Waals surface area contributed by atoms with Crippen molar-refractivity contribution >= 4 is 23.0 Å². The van der Waals surface area contributed by atoms with E-state index in [9.17, 15) is 4.79 Å². The Kier molecular flexibility index (Phi) is 5.17. The van der Waals surface area contributed by atoms with E-state index < -0.39 is 0 Å². The molecule has 0 aliphatic carbocycles.